The van der Waals surface area contributed by atoms with E-state index in [4.69, 9.17) is 32.2 Å². The maximum absolute atomic E-state index is 13.7. The van der Waals surface area contributed by atoms with E-state index in [1.165, 1.54) is 28.8 Å². The fraction of sp³-hybridized carbons (Fsp3) is 0.250. The van der Waals surface area contributed by atoms with Crippen LogP contribution >= 0.6 is 22.9 Å². The van der Waals surface area contributed by atoms with Gasteiger partial charge in [0, 0.05) is 0 Å². The normalized spacial score (nSPS) is 14.9. The first-order chi connectivity index (χ1) is 18.3. The molecule has 1 atom stereocenters. The highest BCUT2D eigenvalue weighted by molar-refractivity contribution is 7.07. The number of esters is 1. The van der Waals surface area contributed by atoms with Gasteiger partial charge in [0.25, 0.3) is 5.56 Å². The number of carbonyl (C=O) groups excluding carboxylic acids is 1. The van der Waals surface area contributed by atoms with Crippen LogP contribution in [0.25, 0.3) is 6.08 Å². The number of carbonyl (C=O) groups is 1. The number of halogens is 2. The highest BCUT2D eigenvalue weighted by Gasteiger charge is 2.33. The van der Waals surface area contributed by atoms with Crippen molar-refractivity contribution in [1.82, 2.24) is 4.57 Å². The van der Waals surface area contributed by atoms with Gasteiger partial charge in [-0.1, -0.05) is 41.0 Å². The Labute approximate surface area is 227 Å². The summed E-state index contributed by atoms with van der Waals surface area (Å²) >= 11 is 7.61. The second kappa shape index (κ2) is 11.7. The zero-order chi connectivity index (χ0) is 27.4. The molecule has 0 saturated heterocycles. The number of hydrogen-bond acceptors (Lipinski definition) is 7. The van der Waals surface area contributed by atoms with Crippen LogP contribution in [-0.2, 0) is 9.53 Å². The highest BCUT2D eigenvalue weighted by Crippen LogP contribution is 2.37. The van der Waals surface area contributed by atoms with Crippen molar-refractivity contribution < 1.29 is 23.4 Å². The number of thiazole rings is 1. The quantitative estimate of drug-likeness (QED) is 0.311. The van der Waals surface area contributed by atoms with Gasteiger partial charge in [-0.3, -0.25) is 9.36 Å². The van der Waals surface area contributed by atoms with Gasteiger partial charge in [-0.15, -0.1) is 6.42 Å². The zero-order valence-electron chi connectivity index (χ0n) is 20.9. The lowest BCUT2D eigenvalue weighted by Crippen LogP contribution is -2.39. The molecule has 1 aliphatic heterocycles. The molecular weight excluding hydrogens is 531 g/mol. The van der Waals surface area contributed by atoms with Gasteiger partial charge in [0.05, 0.1) is 40.1 Å². The van der Waals surface area contributed by atoms with Gasteiger partial charge >= 0.3 is 5.97 Å². The monoisotopic (exact) mass is 554 g/mol. The van der Waals surface area contributed by atoms with Crippen LogP contribution in [0.1, 0.15) is 37.9 Å². The van der Waals surface area contributed by atoms with E-state index >= 15 is 0 Å². The minimum absolute atomic E-state index is 0.0171. The molecular formula is C28H24ClFN2O5S. The predicted octanol–water partition coefficient (Wildman–Crippen LogP) is 4.00. The standard InChI is InChI=1S/C28H24ClFN2O5S/c1-5-12-37-25-20(29)13-17(14-21(25)35-6-2)15-22-26(33)32-24(18-8-10-19(30)11-9-18)23(27(34)36-7-3)16(4)31-28(32)38-22/h1,8-11,13-15,24H,6-7,12H2,2-4H3/b22-15-/t24-/m1/s1. The van der Waals surface area contributed by atoms with E-state index in [9.17, 15) is 14.0 Å². The molecule has 0 amide bonds. The molecule has 0 fully saturated rings. The van der Waals surface area contributed by atoms with Gasteiger partial charge < -0.3 is 14.2 Å². The third kappa shape index (κ3) is 5.37. The molecule has 0 radical (unpaired) electrons. The average Bonchev–Trinajstić information content (AvgIpc) is 3.17. The second-order valence-corrected chi connectivity index (χ2v) is 9.53. The predicted molar refractivity (Wildman–Crippen MR) is 144 cm³/mol. The average molecular weight is 555 g/mol. The lowest BCUT2D eigenvalue weighted by atomic mass is 9.96. The van der Waals surface area contributed by atoms with Crippen LogP contribution in [0, 0.1) is 18.2 Å². The van der Waals surface area contributed by atoms with Crippen molar-refractivity contribution in [1.29, 1.82) is 0 Å². The summed E-state index contributed by atoms with van der Waals surface area (Å²) in [6, 6.07) is 8.15. The Morgan fingerprint density at radius 1 is 1.24 bits per heavy atom. The lowest BCUT2D eigenvalue weighted by molar-refractivity contribution is -0.139. The fourth-order valence-electron chi connectivity index (χ4n) is 4.09. The van der Waals surface area contributed by atoms with E-state index in [-0.39, 0.29) is 29.4 Å². The van der Waals surface area contributed by atoms with E-state index < -0.39 is 17.8 Å². The molecule has 0 saturated carbocycles. The van der Waals surface area contributed by atoms with E-state index in [1.54, 1.807) is 32.1 Å². The van der Waals surface area contributed by atoms with Gasteiger partial charge in [0.2, 0.25) is 0 Å². The number of hydrogen-bond donors (Lipinski definition) is 0. The molecule has 3 aromatic rings. The molecule has 0 unspecified atom stereocenters. The van der Waals surface area contributed by atoms with Crippen molar-refractivity contribution in [3.05, 3.63) is 89.3 Å². The number of benzene rings is 2. The molecule has 196 valence electrons. The first-order valence-corrected chi connectivity index (χ1v) is 13.0. The molecule has 2 aromatic carbocycles. The number of ether oxygens (including phenoxy) is 3. The topological polar surface area (TPSA) is 79.1 Å². The van der Waals surface area contributed by atoms with Gasteiger partial charge in [0.15, 0.2) is 16.3 Å². The van der Waals surface area contributed by atoms with Crippen molar-refractivity contribution >= 4 is 35.0 Å². The molecule has 0 N–H and O–H groups in total. The number of aromatic nitrogens is 1. The van der Waals surface area contributed by atoms with Gasteiger partial charge in [-0.2, -0.15) is 0 Å². The summed E-state index contributed by atoms with van der Waals surface area (Å²) in [5.41, 5.74) is 1.40. The number of fused-ring (bicyclic) bond motifs is 1. The van der Waals surface area contributed by atoms with E-state index in [1.807, 2.05) is 6.92 Å². The third-order valence-electron chi connectivity index (χ3n) is 5.63. The lowest BCUT2D eigenvalue weighted by Gasteiger charge is -2.24. The van der Waals surface area contributed by atoms with Crippen LogP contribution in [0.5, 0.6) is 11.5 Å². The van der Waals surface area contributed by atoms with Crippen LogP contribution in [0.4, 0.5) is 4.39 Å². The van der Waals surface area contributed by atoms with Crippen LogP contribution in [0.15, 0.2) is 57.5 Å². The number of rotatable bonds is 8. The molecule has 4 rings (SSSR count). The molecule has 0 spiro atoms. The molecule has 7 nitrogen and oxygen atoms in total. The van der Waals surface area contributed by atoms with Crippen molar-refractivity contribution in [3.63, 3.8) is 0 Å². The molecule has 10 heteroatoms. The number of allylic oxidation sites excluding steroid dienone is 1. The second-order valence-electron chi connectivity index (χ2n) is 8.11. The minimum Gasteiger partial charge on any atom is -0.490 e. The molecule has 1 aromatic heterocycles. The molecule has 0 bridgehead atoms. The Bertz CT molecular complexity index is 1630. The summed E-state index contributed by atoms with van der Waals surface area (Å²) in [4.78, 5) is 31.6. The zero-order valence-corrected chi connectivity index (χ0v) is 22.5. The molecule has 1 aliphatic rings. The first kappa shape index (κ1) is 27.2. The Morgan fingerprint density at radius 3 is 2.63 bits per heavy atom. The summed E-state index contributed by atoms with van der Waals surface area (Å²) in [6.07, 6.45) is 6.96. The molecule has 0 aliphatic carbocycles. The summed E-state index contributed by atoms with van der Waals surface area (Å²) in [6.45, 7) is 5.73. The Kier molecular flexibility index (Phi) is 8.35. The third-order valence-corrected chi connectivity index (χ3v) is 6.90. The van der Waals surface area contributed by atoms with E-state index in [2.05, 4.69) is 10.9 Å². The summed E-state index contributed by atoms with van der Waals surface area (Å²) in [5, 5.41) is 0.273. The Balaban J connectivity index is 1.90. The van der Waals surface area contributed by atoms with E-state index in [0.717, 1.165) is 11.3 Å². The van der Waals surface area contributed by atoms with Crippen molar-refractivity contribution in [2.45, 2.75) is 26.8 Å². The fourth-order valence-corrected chi connectivity index (χ4v) is 5.41. The minimum atomic E-state index is -0.838. The highest BCUT2D eigenvalue weighted by atomic mass is 35.5. The van der Waals surface area contributed by atoms with E-state index in [0.29, 0.717) is 44.3 Å². The smallest absolute Gasteiger partial charge is 0.338 e. The van der Waals surface area contributed by atoms with Crippen LogP contribution in [0.3, 0.4) is 0 Å². The van der Waals surface area contributed by atoms with Crippen LogP contribution in [0.2, 0.25) is 5.02 Å². The van der Waals surface area contributed by atoms with Crippen LogP contribution in [-0.4, -0.2) is 30.4 Å². The maximum Gasteiger partial charge on any atom is 0.338 e. The van der Waals surface area contributed by atoms with Crippen molar-refractivity contribution in [2.75, 3.05) is 19.8 Å². The van der Waals surface area contributed by atoms with Gasteiger partial charge in [-0.05, 0) is 62.2 Å². The number of nitrogens with zero attached hydrogens (tertiary/aromatic N) is 2. The first-order valence-electron chi connectivity index (χ1n) is 11.8. The summed E-state index contributed by atoms with van der Waals surface area (Å²) in [7, 11) is 0. The van der Waals surface area contributed by atoms with Gasteiger partial charge in [0.1, 0.15) is 12.4 Å². The molecule has 38 heavy (non-hydrogen) atoms. The van der Waals surface area contributed by atoms with Crippen molar-refractivity contribution in [3.8, 4) is 23.8 Å². The molecule has 2 heterocycles. The largest absolute Gasteiger partial charge is 0.490 e. The van der Waals surface area contributed by atoms with Gasteiger partial charge in [-0.25, -0.2) is 14.2 Å². The Morgan fingerprint density at radius 2 is 1.97 bits per heavy atom. The van der Waals surface area contributed by atoms with Crippen molar-refractivity contribution in [2.24, 2.45) is 4.99 Å². The summed E-state index contributed by atoms with van der Waals surface area (Å²) < 4.78 is 32.0. The SMILES string of the molecule is C#CCOc1c(Cl)cc(/C=c2\sc3n(c2=O)[C@H](c2ccc(F)cc2)C(C(=O)OCC)=C(C)N=3)cc1OCC. The van der Waals surface area contributed by atoms with Crippen LogP contribution < -0.4 is 24.4 Å². The Hall–Kier alpha value is -3.87. The number of terminal acetylenes is 1. The summed E-state index contributed by atoms with van der Waals surface area (Å²) in [5.74, 6) is 2.07. The maximum atomic E-state index is 13.7.